The van der Waals surface area contributed by atoms with Gasteiger partial charge in [0.2, 0.25) is 5.91 Å². The minimum Gasteiger partial charge on any atom is -0.320 e. The van der Waals surface area contributed by atoms with Crippen molar-refractivity contribution in [3.05, 3.63) is 31.8 Å². The zero-order chi connectivity index (χ0) is 17.1. The molecule has 2 rings (SSSR count). The molecule has 23 heavy (non-hydrogen) atoms. The fourth-order valence-electron chi connectivity index (χ4n) is 2.93. The van der Waals surface area contributed by atoms with E-state index in [0.717, 1.165) is 41.7 Å². The van der Waals surface area contributed by atoms with Crippen LogP contribution in [0, 0.1) is 16.0 Å². The fourth-order valence-corrected chi connectivity index (χ4v) is 3.52. The summed E-state index contributed by atoms with van der Waals surface area (Å²) in [6.07, 6.45) is 1.82. The van der Waals surface area contributed by atoms with Crippen molar-refractivity contribution in [3.8, 4) is 0 Å². The van der Waals surface area contributed by atoms with Gasteiger partial charge in [-0.15, -0.1) is 0 Å². The molecule has 0 fully saturated rings. The molecule has 1 N–H and O–H groups in total. The van der Waals surface area contributed by atoms with Gasteiger partial charge in [0.25, 0.3) is 5.69 Å². The zero-order valence-electron chi connectivity index (χ0n) is 13.7. The highest BCUT2D eigenvalue weighted by Gasteiger charge is 2.28. The Hall–Kier alpha value is -1.47. The number of hydrogen-bond donors (Lipinski definition) is 1. The lowest BCUT2D eigenvalue weighted by Crippen LogP contribution is -2.34. The highest BCUT2D eigenvalue weighted by molar-refractivity contribution is 9.10. The van der Waals surface area contributed by atoms with E-state index in [2.05, 4.69) is 40.0 Å². The normalized spacial score (nSPS) is 15.8. The molecule has 1 aliphatic heterocycles. The SMILES string of the molecule is CCC(C)CN1CCc2c(c(Br)cc([N+](=O)[O-])c2NC(C)=O)C1. The standard InChI is InChI=1S/C16H22BrN3O3/c1-4-10(2)8-19-6-5-12-13(9-19)14(17)7-15(20(22)23)16(12)18-11(3)21/h7,10H,4-6,8-9H2,1-3H3,(H,18,21). The average Bonchev–Trinajstić information content (AvgIpc) is 2.49. The first-order valence-corrected chi connectivity index (χ1v) is 8.61. The minimum atomic E-state index is -0.443. The predicted octanol–water partition coefficient (Wildman–Crippen LogP) is 3.72. The topological polar surface area (TPSA) is 75.5 Å². The number of rotatable bonds is 5. The lowest BCUT2D eigenvalue weighted by atomic mass is 9.95. The third-order valence-corrected chi connectivity index (χ3v) is 5.01. The molecule has 1 aromatic carbocycles. The maximum Gasteiger partial charge on any atom is 0.294 e. The molecule has 1 atom stereocenters. The summed E-state index contributed by atoms with van der Waals surface area (Å²) in [6.45, 7) is 8.37. The van der Waals surface area contributed by atoms with Gasteiger partial charge in [-0.3, -0.25) is 19.8 Å². The number of amides is 1. The van der Waals surface area contributed by atoms with Gasteiger partial charge in [0.05, 0.1) is 4.92 Å². The molecule has 0 aliphatic carbocycles. The minimum absolute atomic E-state index is 0.0544. The number of nitrogens with one attached hydrogen (secondary N) is 1. The van der Waals surface area contributed by atoms with Crippen LogP contribution in [0.5, 0.6) is 0 Å². The molecule has 1 aliphatic rings. The van der Waals surface area contributed by atoms with E-state index in [9.17, 15) is 14.9 Å². The second-order valence-electron chi connectivity index (χ2n) is 6.15. The lowest BCUT2D eigenvalue weighted by molar-refractivity contribution is -0.384. The monoisotopic (exact) mass is 383 g/mol. The summed E-state index contributed by atoms with van der Waals surface area (Å²) in [6, 6.07) is 1.50. The van der Waals surface area contributed by atoms with Gasteiger partial charge in [0.1, 0.15) is 5.69 Å². The van der Waals surface area contributed by atoms with E-state index in [1.165, 1.54) is 13.0 Å². The largest absolute Gasteiger partial charge is 0.320 e. The smallest absolute Gasteiger partial charge is 0.294 e. The first kappa shape index (κ1) is 17.9. The molecule has 0 saturated carbocycles. The van der Waals surface area contributed by atoms with Crippen LogP contribution in [-0.4, -0.2) is 28.8 Å². The van der Waals surface area contributed by atoms with Crippen LogP contribution in [0.15, 0.2) is 10.5 Å². The van der Waals surface area contributed by atoms with E-state index in [1.54, 1.807) is 0 Å². The first-order chi connectivity index (χ1) is 10.8. The molecule has 126 valence electrons. The number of carbonyl (C=O) groups is 1. The summed E-state index contributed by atoms with van der Waals surface area (Å²) >= 11 is 3.47. The maximum atomic E-state index is 11.5. The Morgan fingerprint density at radius 3 is 2.78 bits per heavy atom. The van der Waals surface area contributed by atoms with Crippen LogP contribution < -0.4 is 5.32 Å². The second-order valence-corrected chi connectivity index (χ2v) is 7.00. The number of nitro benzene ring substituents is 1. The summed E-state index contributed by atoms with van der Waals surface area (Å²) in [7, 11) is 0. The van der Waals surface area contributed by atoms with E-state index in [4.69, 9.17) is 0 Å². The highest BCUT2D eigenvalue weighted by Crippen LogP contribution is 2.39. The van der Waals surface area contributed by atoms with E-state index in [-0.39, 0.29) is 11.6 Å². The van der Waals surface area contributed by atoms with Crippen molar-refractivity contribution in [2.24, 2.45) is 5.92 Å². The number of nitro groups is 1. The van der Waals surface area contributed by atoms with Gasteiger partial charge in [0.15, 0.2) is 0 Å². The molecule has 1 heterocycles. The third kappa shape index (κ3) is 4.09. The van der Waals surface area contributed by atoms with Gasteiger partial charge in [0, 0.05) is 37.1 Å². The van der Waals surface area contributed by atoms with Crippen LogP contribution in [0.1, 0.15) is 38.3 Å². The molecule has 1 amide bonds. The molecule has 6 nitrogen and oxygen atoms in total. The summed E-state index contributed by atoms with van der Waals surface area (Å²) in [5, 5.41) is 14.0. The number of nitrogens with zero attached hydrogens (tertiary/aromatic N) is 2. The Morgan fingerprint density at radius 2 is 2.22 bits per heavy atom. The predicted molar refractivity (Wildman–Crippen MR) is 93.5 cm³/mol. The number of hydrogen-bond acceptors (Lipinski definition) is 4. The first-order valence-electron chi connectivity index (χ1n) is 7.82. The molecular formula is C16H22BrN3O3. The number of fused-ring (bicyclic) bond motifs is 1. The summed E-state index contributed by atoms with van der Waals surface area (Å²) in [4.78, 5) is 24.7. The van der Waals surface area contributed by atoms with Crippen LogP contribution in [0.3, 0.4) is 0 Å². The Kier molecular flexibility index (Phi) is 5.75. The van der Waals surface area contributed by atoms with Crippen molar-refractivity contribution in [2.75, 3.05) is 18.4 Å². The van der Waals surface area contributed by atoms with Crippen molar-refractivity contribution in [3.63, 3.8) is 0 Å². The number of anilines is 1. The van der Waals surface area contributed by atoms with Gasteiger partial charge < -0.3 is 5.32 Å². The van der Waals surface area contributed by atoms with Crippen LogP contribution in [-0.2, 0) is 17.8 Å². The van der Waals surface area contributed by atoms with Crippen LogP contribution in [0.4, 0.5) is 11.4 Å². The van der Waals surface area contributed by atoms with Gasteiger partial charge in [-0.25, -0.2) is 0 Å². The summed E-state index contributed by atoms with van der Waals surface area (Å²) in [5.41, 5.74) is 2.21. The van der Waals surface area contributed by atoms with Crippen LogP contribution >= 0.6 is 15.9 Å². The number of halogens is 1. The fraction of sp³-hybridized carbons (Fsp3) is 0.562. The Morgan fingerprint density at radius 1 is 1.52 bits per heavy atom. The van der Waals surface area contributed by atoms with Crippen molar-refractivity contribution in [1.29, 1.82) is 0 Å². The molecule has 1 aromatic rings. The van der Waals surface area contributed by atoms with Gasteiger partial charge in [-0.05, 0) is 23.5 Å². The molecule has 0 saturated heterocycles. The molecule has 0 aromatic heterocycles. The van der Waals surface area contributed by atoms with Crippen LogP contribution in [0.25, 0.3) is 0 Å². The third-order valence-electron chi connectivity index (χ3n) is 4.30. The van der Waals surface area contributed by atoms with E-state index in [1.807, 2.05) is 0 Å². The van der Waals surface area contributed by atoms with Gasteiger partial charge in [-0.1, -0.05) is 36.2 Å². The second kappa shape index (κ2) is 7.40. The highest BCUT2D eigenvalue weighted by atomic mass is 79.9. The average molecular weight is 384 g/mol. The lowest BCUT2D eigenvalue weighted by Gasteiger charge is -2.32. The Balaban J connectivity index is 2.41. The zero-order valence-corrected chi connectivity index (χ0v) is 15.3. The maximum absolute atomic E-state index is 11.5. The van der Waals surface area contributed by atoms with E-state index in [0.29, 0.717) is 18.0 Å². The van der Waals surface area contributed by atoms with E-state index < -0.39 is 4.92 Å². The molecule has 0 spiro atoms. The summed E-state index contributed by atoms with van der Waals surface area (Å²) < 4.78 is 0.738. The molecule has 0 bridgehead atoms. The van der Waals surface area contributed by atoms with Gasteiger partial charge in [-0.2, -0.15) is 0 Å². The Bertz CT molecular complexity index is 633. The molecule has 7 heteroatoms. The van der Waals surface area contributed by atoms with Crippen molar-refractivity contribution < 1.29 is 9.72 Å². The van der Waals surface area contributed by atoms with Crippen molar-refractivity contribution in [2.45, 2.75) is 40.2 Å². The van der Waals surface area contributed by atoms with E-state index >= 15 is 0 Å². The van der Waals surface area contributed by atoms with Crippen molar-refractivity contribution in [1.82, 2.24) is 4.90 Å². The molecule has 0 radical (unpaired) electrons. The van der Waals surface area contributed by atoms with Crippen LogP contribution in [0.2, 0.25) is 0 Å². The number of carbonyl (C=O) groups excluding carboxylic acids is 1. The number of benzene rings is 1. The Labute approximate surface area is 144 Å². The molecular weight excluding hydrogens is 362 g/mol. The van der Waals surface area contributed by atoms with Gasteiger partial charge >= 0.3 is 0 Å². The molecule has 1 unspecified atom stereocenters. The quantitative estimate of drug-likeness (QED) is 0.620. The summed E-state index contributed by atoms with van der Waals surface area (Å²) in [5.74, 6) is 0.322. The van der Waals surface area contributed by atoms with Crippen molar-refractivity contribution >= 4 is 33.2 Å².